The molecular formula is C28H23ClF2N4O3S. The molecule has 2 N–H and O–H groups in total. The van der Waals surface area contributed by atoms with Gasteiger partial charge in [0.1, 0.15) is 17.3 Å². The molecular weight excluding hydrogens is 546 g/mol. The van der Waals surface area contributed by atoms with E-state index in [0.29, 0.717) is 22.5 Å². The van der Waals surface area contributed by atoms with Gasteiger partial charge in [0, 0.05) is 36.9 Å². The standard InChI is InChI=1S/C28H23ClF2N4O3S/c29-23-9-8-22(14-24(23)31)39(37,38)35-12-10-19-13-26(34-21-6-4-20(30)5-7-21)18(16-32)15-28(19,17-35)27(36)25-3-1-2-11-33-25/h1-9,11,13-14,16,32,34H,10,12,15,17H2/t28-/m0/s1. The normalized spacial score (nSPS) is 19.7. The fraction of sp³-hybridized carbons (Fsp3) is 0.179. The monoisotopic (exact) mass is 568 g/mol. The van der Waals surface area contributed by atoms with Gasteiger partial charge in [0.05, 0.1) is 15.3 Å². The van der Waals surface area contributed by atoms with E-state index in [1.807, 2.05) is 0 Å². The van der Waals surface area contributed by atoms with E-state index >= 15 is 0 Å². The van der Waals surface area contributed by atoms with Crippen molar-refractivity contribution in [3.63, 3.8) is 0 Å². The number of nitrogens with zero attached hydrogens (tertiary/aromatic N) is 2. The summed E-state index contributed by atoms with van der Waals surface area (Å²) < 4.78 is 55.9. The highest BCUT2D eigenvalue weighted by Gasteiger charge is 2.51. The van der Waals surface area contributed by atoms with Gasteiger partial charge in [-0.1, -0.05) is 23.2 Å². The third kappa shape index (κ3) is 5.03. The Labute approximate surface area is 229 Å². The number of aromatic nitrogens is 1. The van der Waals surface area contributed by atoms with Crippen molar-refractivity contribution in [1.82, 2.24) is 9.29 Å². The minimum atomic E-state index is -4.19. The zero-order chi connectivity index (χ0) is 27.8. The van der Waals surface area contributed by atoms with Crippen LogP contribution in [0.3, 0.4) is 0 Å². The lowest BCUT2D eigenvalue weighted by Crippen LogP contribution is -2.52. The Bertz CT molecular complexity index is 1630. The fourth-order valence-electron chi connectivity index (χ4n) is 5.00. The minimum Gasteiger partial charge on any atom is -0.355 e. The van der Waals surface area contributed by atoms with Crippen LogP contribution >= 0.6 is 11.6 Å². The maximum Gasteiger partial charge on any atom is 0.243 e. The van der Waals surface area contributed by atoms with Crippen molar-refractivity contribution in [2.45, 2.75) is 17.7 Å². The molecule has 11 heteroatoms. The lowest BCUT2D eigenvalue weighted by atomic mass is 9.65. The summed E-state index contributed by atoms with van der Waals surface area (Å²) >= 11 is 5.76. The first-order valence-electron chi connectivity index (χ1n) is 12.0. The molecule has 39 heavy (non-hydrogen) atoms. The molecule has 2 aromatic carbocycles. The van der Waals surface area contributed by atoms with Crippen LogP contribution in [0.5, 0.6) is 0 Å². The van der Waals surface area contributed by atoms with E-state index < -0.39 is 27.1 Å². The summed E-state index contributed by atoms with van der Waals surface area (Å²) in [6, 6.07) is 13.9. The molecule has 1 fully saturated rings. The summed E-state index contributed by atoms with van der Waals surface area (Å²) in [5.74, 6) is -1.63. The molecule has 2 heterocycles. The molecule has 0 radical (unpaired) electrons. The number of anilines is 1. The van der Waals surface area contributed by atoms with E-state index in [4.69, 9.17) is 17.0 Å². The van der Waals surface area contributed by atoms with Crippen LogP contribution in [0.25, 0.3) is 0 Å². The molecule has 0 bridgehead atoms. The summed E-state index contributed by atoms with van der Waals surface area (Å²) in [5.41, 5.74) is 1.12. The molecule has 0 saturated carbocycles. The first kappa shape index (κ1) is 26.9. The smallest absolute Gasteiger partial charge is 0.243 e. The van der Waals surface area contributed by atoms with Crippen molar-refractivity contribution in [2.24, 2.45) is 5.41 Å². The third-order valence-electron chi connectivity index (χ3n) is 7.01. The number of Topliss-reactive ketones (excluding diaryl/α,β-unsaturated/α-hetero) is 1. The second kappa shape index (κ2) is 10.4. The molecule has 0 spiro atoms. The topological polar surface area (TPSA) is 103 Å². The van der Waals surface area contributed by atoms with E-state index in [2.05, 4.69) is 10.3 Å². The summed E-state index contributed by atoms with van der Waals surface area (Å²) in [5, 5.41) is 11.1. The number of nitrogens with one attached hydrogen (secondary N) is 2. The van der Waals surface area contributed by atoms with Crippen LogP contribution in [0.4, 0.5) is 14.5 Å². The van der Waals surface area contributed by atoms with Crippen LogP contribution in [-0.2, 0) is 10.0 Å². The van der Waals surface area contributed by atoms with Gasteiger partial charge >= 0.3 is 0 Å². The largest absolute Gasteiger partial charge is 0.355 e. The quantitative estimate of drug-likeness (QED) is 0.284. The predicted molar refractivity (Wildman–Crippen MR) is 144 cm³/mol. The maximum absolute atomic E-state index is 14.2. The van der Waals surface area contributed by atoms with Gasteiger partial charge in [-0.25, -0.2) is 17.2 Å². The Morgan fingerprint density at radius 3 is 2.56 bits per heavy atom. The molecule has 0 unspecified atom stereocenters. The lowest BCUT2D eigenvalue weighted by molar-refractivity contribution is 0.0770. The first-order valence-corrected chi connectivity index (χ1v) is 13.8. The second-order valence-electron chi connectivity index (χ2n) is 9.35. The third-order valence-corrected chi connectivity index (χ3v) is 9.15. The van der Waals surface area contributed by atoms with Crippen molar-refractivity contribution >= 4 is 39.3 Å². The Morgan fingerprint density at radius 1 is 1.13 bits per heavy atom. The van der Waals surface area contributed by atoms with Crippen molar-refractivity contribution < 1.29 is 22.0 Å². The zero-order valence-electron chi connectivity index (χ0n) is 20.5. The molecule has 1 aliphatic carbocycles. The van der Waals surface area contributed by atoms with Crippen LogP contribution in [0.1, 0.15) is 23.3 Å². The highest BCUT2D eigenvalue weighted by Crippen LogP contribution is 2.47. The van der Waals surface area contributed by atoms with Crippen molar-refractivity contribution in [1.29, 1.82) is 5.41 Å². The zero-order valence-corrected chi connectivity index (χ0v) is 22.1. The van der Waals surface area contributed by atoms with Crippen LogP contribution in [0.2, 0.25) is 5.02 Å². The average Bonchev–Trinajstić information content (AvgIpc) is 2.95. The van der Waals surface area contributed by atoms with E-state index in [9.17, 15) is 22.0 Å². The number of hydrogen-bond acceptors (Lipinski definition) is 6. The van der Waals surface area contributed by atoms with E-state index in [1.54, 1.807) is 36.4 Å². The summed E-state index contributed by atoms with van der Waals surface area (Å²) in [7, 11) is -4.19. The molecule has 1 atom stereocenters. The van der Waals surface area contributed by atoms with Crippen LogP contribution < -0.4 is 5.32 Å². The van der Waals surface area contributed by atoms with Gasteiger partial charge in [-0.15, -0.1) is 0 Å². The van der Waals surface area contributed by atoms with E-state index in [0.717, 1.165) is 12.3 Å². The van der Waals surface area contributed by atoms with Crippen LogP contribution in [0, 0.1) is 22.5 Å². The predicted octanol–water partition coefficient (Wildman–Crippen LogP) is 5.62. The molecule has 1 aliphatic heterocycles. The molecule has 3 aromatic rings. The van der Waals surface area contributed by atoms with Crippen molar-refractivity contribution in [3.8, 4) is 0 Å². The number of sulfonamides is 1. The maximum atomic E-state index is 14.2. The number of rotatable bonds is 7. The highest BCUT2D eigenvalue weighted by molar-refractivity contribution is 7.89. The Kier molecular flexibility index (Phi) is 7.19. The molecule has 0 amide bonds. The molecule has 1 saturated heterocycles. The van der Waals surface area contributed by atoms with Gasteiger partial charge in [-0.3, -0.25) is 9.78 Å². The number of halogens is 3. The van der Waals surface area contributed by atoms with Crippen LogP contribution in [-0.4, -0.2) is 42.8 Å². The molecule has 7 nitrogen and oxygen atoms in total. The number of pyridine rings is 1. The average molecular weight is 569 g/mol. The van der Waals surface area contributed by atoms with Crippen molar-refractivity contribution in [2.75, 3.05) is 18.4 Å². The molecule has 5 rings (SSSR count). The number of ketones is 1. The number of allylic oxidation sites excluding steroid dienone is 2. The molecule has 2 aliphatic rings. The first-order chi connectivity index (χ1) is 18.6. The highest BCUT2D eigenvalue weighted by atomic mass is 35.5. The van der Waals surface area contributed by atoms with E-state index in [-0.39, 0.29) is 47.3 Å². The van der Waals surface area contributed by atoms with E-state index in [1.165, 1.54) is 34.8 Å². The Balaban J connectivity index is 1.57. The summed E-state index contributed by atoms with van der Waals surface area (Å²) in [4.78, 5) is 18.0. The Hall–Kier alpha value is -3.73. The number of benzene rings is 2. The molecule has 1 aromatic heterocycles. The lowest BCUT2D eigenvalue weighted by Gasteiger charge is -2.45. The minimum absolute atomic E-state index is 0.0300. The van der Waals surface area contributed by atoms with Crippen LogP contribution in [0.15, 0.2) is 94.7 Å². The number of hydrogen-bond donors (Lipinski definition) is 2. The van der Waals surface area contributed by atoms with Gasteiger partial charge < -0.3 is 10.7 Å². The van der Waals surface area contributed by atoms with Gasteiger partial charge in [-0.2, -0.15) is 4.31 Å². The number of carbonyl (C=O) groups excluding carboxylic acids is 1. The van der Waals surface area contributed by atoms with Gasteiger partial charge in [0.15, 0.2) is 5.78 Å². The number of carbonyl (C=O) groups is 1. The fourth-order valence-corrected chi connectivity index (χ4v) is 6.63. The molecule has 200 valence electrons. The number of piperidine rings is 1. The second-order valence-corrected chi connectivity index (χ2v) is 11.7. The summed E-state index contributed by atoms with van der Waals surface area (Å²) in [6.07, 6.45) is 4.61. The van der Waals surface area contributed by atoms with Gasteiger partial charge in [-0.05, 0) is 79.1 Å². The van der Waals surface area contributed by atoms with Gasteiger partial charge in [0.2, 0.25) is 10.0 Å². The SMILES string of the molecule is N=CC1=C(Nc2ccc(F)cc2)C=C2CCN(S(=O)(=O)c3ccc(Cl)c(F)c3)C[C@@]2(C(=O)c2ccccn2)C1. The Morgan fingerprint density at radius 2 is 1.90 bits per heavy atom. The van der Waals surface area contributed by atoms with Crippen molar-refractivity contribution in [3.05, 3.63) is 112 Å². The summed E-state index contributed by atoms with van der Waals surface area (Å²) in [6.45, 7) is -0.165. The number of fused-ring (bicyclic) bond motifs is 1. The van der Waals surface area contributed by atoms with Gasteiger partial charge in [0.25, 0.3) is 0 Å².